The van der Waals surface area contributed by atoms with Crippen molar-refractivity contribution >= 4 is 29.4 Å². The monoisotopic (exact) mass is 412 g/mol. The Kier molecular flexibility index (Phi) is 6.37. The molecule has 2 aromatic heterocycles. The number of rotatable bonds is 7. The number of amides is 1. The third kappa shape index (κ3) is 5.46. The van der Waals surface area contributed by atoms with Gasteiger partial charge in [0, 0.05) is 35.5 Å². The summed E-state index contributed by atoms with van der Waals surface area (Å²) < 4.78 is 1.78. The van der Waals surface area contributed by atoms with Crippen LogP contribution in [-0.2, 0) is 10.5 Å². The highest BCUT2D eigenvalue weighted by Crippen LogP contribution is 2.22. The van der Waals surface area contributed by atoms with E-state index in [1.54, 1.807) is 34.9 Å². The van der Waals surface area contributed by atoms with E-state index in [0.29, 0.717) is 0 Å². The van der Waals surface area contributed by atoms with Gasteiger partial charge < -0.3 is 5.32 Å². The van der Waals surface area contributed by atoms with Gasteiger partial charge in [-0.15, -0.1) is 11.8 Å². The molecule has 2 heterocycles. The lowest BCUT2D eigenvalue weighted by Gasteiger charge is -2.06. The fraction of sp³-hybridized carbons (Fsp3) is 0.0417. The van der Waals surface area contributed by atoms with Crippen molar-refractivity contribution in [2.24, 2.45) is 0 Å². The summed E-state index contributed by atoms with van der Waals surface area (Å²) in [6.07, 6.45) is 8.67. The van der Waals surface area contributed by atoms with Crippen LogP contribution in [0.5, 0.6) is 0 Å². The average molecular weight is 413 g/mol. The average Bonchev–Trinajstić information content (AvgIpc) is 3.27. The van der Waals surface area contributed by atoms with E-state index >= 15 is 0 Å². The second-order valence-corrected chi connectivity index (χ2v) is 7.53. The highest BCUT2D eigenvalue weighted by atomic mass is 32.2. The number of para-hydroxylation sites is 1. The molecular formula is C24H20N4OS. The molecule has 0 unspecified atom stereocenters. The molecule has 0 aliphatic rings. The Hall–Kier alpha value is -3.64. The molecule has 0 fully saturated rings. The van der Waals surface area contributed by atoms with Crippen molar-refractivity contribution in [1.82, 2.24) is 14.8 Å². The molecule has 148 valence electrons. The van der Waals surface area contributed by atoms with Crippen LogP contribution in [0.1, 0.15) is 11.1 Å². The van der Waals surface area contributed by atoms with Crippen molar-refractivity contribution in [1.29, 1.82) is 0 Å². The number of carbonyl (C=O) groups is 1. The zero-order valence-corrected chi connectivity index (χ0v) is 17.0. The zero-order valence-electron chi connectivity index (χ0n) is 16.2. The summed E-state index contributed by atoms with van der Waals surface area (Å²) >= 11 is 1.66. The van der Waals surface area contributed by atoms with Gasteiger partial charge >= 0.3 is 0 Å². The fourth-order valence-corrected chi connectivity index (χ4v) is 3.63. The maximum absolute atomic E-state index is 12.3. The molecule has 1 amide bonds. The van der Waals surface area contributed by atoms with Gasteiger partial charge in [-0.1, -0.05) is 36.4 Å². The minimum atomic E-state index is -0.183. The van der Waals surface area contributed by atoms with E-state index in [2.05, 4.69) is 15.4 Å². The van der Waals surface area contributed by atoms with Crippen LogP contribution in [-0.4, -0.2) is 20.7 Å². The molecule has 4 rings (SSSR count). The highest BCUT2D eigenvalue weighted by Gasteiger charge is 2.03. The maximum atomic E-state index is 12.3. The number of nitrogens with zero attached hydrogens (tertiary/aromatic N) is 3. The van der Waals surface area contributed by atoms with Gasteiger partial charge in [0.15, 0.2) is 0 Å². The molecule has 6 heteroatoms. The third-order valence-electron chi connectivity index (χ3n) is 4.27. The van der Waals surface area contributed by atoms with Gasteiger partial charge in [0.05, 0.1) is 16.9 Å². The highest BCUT2D eigenvalue weighted by molar-refractivity contribution is 7.98. The Bertz CT molecular complexity index is 1140. The first-order valence-corrected chi connectivity index (χ1v) is 10.5. The van der Waals surface area contributed by atoms with Gasteiger partial charge in [-0.25, -0.2) is 9.67 Å². The van der Waals surface area contributed by atoms with Gasteiger partial charge in [0.1, 0.15) is 0 Å². The number of hydrogen-bond acceptors (Lipinski definition) is 4. The molecule has 1 N–H and O–H groups in total. The summed E-state index contributed by atoms with van der Waals surface area (Å²) in [5, 5.41) is 8.22. The second-order valence-electron chi connectivity index (χ2n) is 6.53. The molecule has 0 saturated carbocycles. The van der Waals surface area contributed by atoms with Gasteiger partial charge in [-0.3, -0.25) is 4.79 Å². The Labute approximate surface area is 179 Å². The summed E-state index contributed by atoms with van der Waals surface area (Å²) in [5.74, 6) is 0.604. The number of thioether (sulfide) groups is 1. The van der Waals surface area contributed by atoms with Crippen LogP contribution in [0.2, 0.25) is 0 Å². The van der Waals surface area contributed by atoms with Crippen LogP contribution < -0.4 is 5.32 Å². The van der Waals surface area contributed by atoms with Gasteiger partial charge in [0.25, 0.3) is 0 Å². The van der Waals surface area contributed by atoms with E-state index < -0.39 is 0 Å². The number of anilines is 1. The molecule has 0 spiro atoms. The Morgan fingerprint density at radius 2 is 1.90 bits per heavy atom. The number of carbonyl (C=O) groups excluding carboxylic acids is 1. The van der Waals surface area contributed by atoms with Crippen LogP contribution >= 0.6 is 11.8 Å². The van der Waals surface area contributed by atoms with Crippen LogP contribution in [0.15, 0.2) is 102 Å². The Morgan fingerprint density at radius 3 is 2.73 bits per heavy atom. The largest absolute Gasteiger partial charge is 0.323 e. The molecule has 0 radical (unpaired) electrons. The van der Waals surface area contributed by atoms with Crippen LogP contribution in [0.3, 0.4) is 0 Å². The lowest BCUT2D eigenvalue weighted by Crippen LogP contribution is -2.07. The van der Waals surface area contributed by atoms with E-state index in [4.69, 9.17) is 0 Å². The molecule has 0 aliphatic carbocycles. The third-order valence-corrected chi connectivity index (χ3v) is 5.28. The van der Waals surface area contributed by atoms with Crippen LogP contribution in [0.25, 0.3) is 11.8 Å². The SMILES string of the molecule is O=C(C=Cc1cnn(-c2ccccc2)c1)Nc1cccc(CSc2ccccn2)c1. The molecule has 0 aliphatic heterocycles. The van der Waals surface area contributed by atoms with Gasteiger partial charge in [-0.2, -0.15) is 5.10 Å². The molecule has 0 atom stereocenters. The normalized spacial score (nSPS) is 10.9. The summed E-state index contributed by atoms with van der Waals surface area (Å²) in [6.45, 7) is 0. The lowest BCUT2D eigenvalue weighted by molar-refractivity contribution is -0.111. The first-order valence-electron chi connectivity index (χ1n) is 9.48. The predicted octanol–water partition coefficient (Wildman–Crippen LogP) is 5.21. The summed E-state index contributed by atoms with van der Waals surface area (Å²) in [5.41, 5.74) is 3.72. The molecule has 5 nitrogen and oxygen atoms in total. The minimum Gasteiger partial charge on any atom is -0.323 e. The van der Waals surface area contributed by atoms with Crippen LogP contribution in [0.4, 0.5) is 5.69 Å². The van der Waals surface area contributed by atoms with E-state index in [1.807, 2.05) is 79.0 Å². The van der Waals surface area contributed by atoms with Crippen molar-refractivity contribution < 1.29 is 4.79 Å². The zero-order chi connectivity index (χ0) is 20.6. The van der Waals surface area contributed by atoms with Crippen molar-refractivity contribution in [2.45, 2.75) is 10.8 Å². The topological polar surface area (TPSA) is 59.8 Å². The molecule has 4 aromatic rings. The molecular weight excluding hydrogens is 392 g/mol. The van der Waals surface area contributed by atoms with E-state index in [1.165, 1.54) is 6.08 Å². The molecule has 30 heavy (non-hydrogen) atoms. The minimum absolute atomic E-state index is 0.183. The first kappa shape index (κ1) is 19.7. The second kappa shape index (κ2) is 9.71. The quantitative estimate of drug-likeness (QED) is 0.334. The Balaban J connectivity index is 1.34. The number of nitrogens with one attached hydrogen (secondary N) is 1. The number of pyridine rings is 1. The molecule has 0 saturated heterocycles. The summed E-state index contributed by atoms with van der Waals surface area (Å²) in [7, 11) is 0. The van der Waals surface area contributed by atoms with Gasteiger partial charge in [0.2, 0.25) is 5.91 Å². The van der Waals surface area contributed by atoms with Crippen molar-refractivity contribution in [3.63, 3.8) is 0 Å². The summed E-state index contributed by atoms with van der Waals surface area (Å²) in [4.78, 5) is 16.6. The summed E-state index contributed by atoms with van der Waals surface area (Å²) in [6, 6.07) is 23.6. The standard InChI is InChI=1S/C24H20N4OS/c29-23(13-12-20-16-26-28(17-20)22-9-2-1-3-10-22)27-21-8-6-7-19(15-21)18-30-24-11-4-5-14-25-24/h1-17H,18H2,(H,27,29). The van der Waals surface area contributed by atoms with Crippen molar-refractivity contribution in [3.8, 4) is 5.69 Å². The molecule has 0 bridgehead atoms. The number of hydrogen-bond donors (Lipinski definition) is 1. The number of aromatic nitrogens is 3. The Morgan fingerprint density at radius 1 is 1.03 bits per heavy atom. The van der Waals surface area contributed by atoms with Crippen molar-refractivity contribution in [3.05, 3.63) is 109 Å². The smallest absolute Gasteiger partial charge is 0.248 e. The lowest BCUT2D eigenvalue weighted by atomic mass is 10.2. The van der Waals surface area contributed by atoms with E-state index in [-0.39, 0.29) is 5.91 Å². The predicted molar refractivity (Wildman–Crippen MR) is 121 cm³/mol. The molecule has 2 aromatic carbocycles. The maximum Gasteiger partial charge on any atom is 0.248 e. The fourth-order valence-electron chi connectivity index (χ4n) is 2.83. The van der Waals surface area contributed by atoms with Gasteiger partial charge in [-0.05, 0) is 48.0 Å². The number of benzene rings is 2. The van der Waals surface area contributed by atoms with E-state index in [0.717, 1.165) is 33.3 Å². The van der Waals surface area contributed by atoms with Crippen molar-refractivity contribution in [2.75, 3.05) is 5.32 Å². The van der Waals surface area contributed by atoms with Crippen LogP contribution in [0, 0.1) is 0 Å². The van der Waals surface area contributed by atoms with E-state index in [9.17, 15) is 4.79 Å². The first-order chi connectivity index (χ1) is 14.8.